The molecule has 0 aliphatic rings. The van der Waals surface area contributed by atoms with Gasteiger partial charge in [0.2, 0.25) is 0 Å². The van der Waals surface area contributed by atoms with E-state index in [4.69, 9.17) is 9.47 Å². The number of hydrogen-bond donors (Lipinski definition) is 0. The van der Waals surface area contributed by atoms with E-state index < -0.39 is 0 Å². The van der Waals surface area contributed by atoms with Crippen molar-refractivity contribution < 1.29 is 19.1 Å². The third kappa shape index (κ3) is 5.39. The second-order valence-electron chi connectivity index (χ2n) is 4.90. The minimum atomic E-state index is -0.281. The van der Waals surface area contributed by atoms with Crippen LogP contribution in [0.5, 0.6) is 5.75 Å². The van der Waals surface area contributed by atoms with E-state index in [1.54, 1.807) is 37.1 Å². The minimum absolute atomic E-state index is 0.116. The second-order valence-corrected chi connectivity index (χ2v) is 4.90. The lowest BCUT2D eigenvalue weighted by molar-refractivity contribution is -0.143. The average Bonchev–Trinajstić information content (AvgIpc) is 2.54. The summed E-state index contributed by atoms with van der Waals surface area (Å²) in [5.74, 6) is 0.150. The Hall–Kier alpha value is -2.04. The van der Waals surface area contributed by atoms with Crippen LogP contribution in [0.25, 0.3) is 0 Å². The number of ether oxygens (including phenoxy) is 2. The summed E-state index contributed by atoms with van der Waals surface area (Å²) in [6.45, 7) is 5.17. The first kappa shape index (κ1) is 18.0. The first-order valence-electron chi connectivity index (χ1n) is 7.71. The number of para-hydroxylation sites is 1. The lowest BCUT2D eigenvalue weighted by atomic mass is 10.1. The van der Waals surface area contributed by atoms with Gasteiger partial charge in [0.05, 0.1) is 25.7 Å². The SMILES string of the molecule is CCCCN(CCC(=O)OCC)C(=O)c1ccccc1OC. The van der Waals surface area contributed by atoms with Crippen LogP contribution in [0.4, 0.5) is 0 Å². The summed E-state index contributed by atoms with van der Waals surface area (Å²) in [6, 6.07) is 7.13. The van der Waals surface area contributed by atoms with Gasteiger partial charge in [-0.25, -0.2) is 0 Å². The van der Waals surface area contributed by atoms with Crippen molar-refractivity contribution in [2.24, 2.45) is 0 Å². The molecule has 0 aliphatic heterocycles. The number of amides is 1. The minimum Gasteiger partial charge on any atom is -0.496 e. The number of unbranched alkanes of at least 4 members (excludes halogenated alkanes) is 1. The van der Waals surface area contributed by atoms with E-state index in [1.165, 1.54) is 0 Å². The number of carbonyl (C=O) groups is 2. The van der Waals surface area contributed by atoms with Crippen LogP contribution in [0.3, 0.4) is 0 Å². The summed E-state index contributed by atoms with van der Waals surface area (Å²) in [5, 5.41) is 0. The molecule has 0 unspecified atom stereocenters. The zero-order valence-electron chi connectivity index (χ0n) is 13.6. The Morgan fingerprint density at radius 1 is 1.14 bits per heavy atom. The van der Waals surface area contributed by atoms with E-state index in [0.717, 1.165) is 12.8 Å². The maximum atomic E-state index is 12.7. The Labute approximate surface area is 132 Å². The van der Waals surface area contributed by atoms with Gasteiger partial charge in [0.15, 0.2) is 0 Å². The molecule has 0 bridgehead atoms. The van der Waals surface area contributed by atoms with Gasteiger partial charge >= 0.3 is 5.97 Å². The molecule has 22 heavy (non-hydrogen) atoms. The van der Waals surface area contributed by atoms with E-state index in [9.17, 15) is 9.59 Å². The predicted octanol–water partition coefficient (Wildman–Crippen LogP) is 2.89. The lowest BCUT2D eigenvalue weighted by Gasteiger charge is -2.23. The van der Waals surface area contributed by atoms with E-state index in [-0.39, 0.29) is 18.3 Å². The van der Waals surface area contributed by atoms with Gasteiger partial charge in [0.25, 0.3) is 5.91 Å². The topological polar surface area (TPSA) is 55.8 Å². The molecule has 0 saturated heterocycles. The van der Waals surface area contributed by atoms with E-state index in [1.807, 2.05) is 6.07 Å². The highest BCUT2D eigenvalue weighted by Gasteiger charge is 2.19. The van der Waals surface area contributed by atoms with E-state index in [2.05, 4.69) is 6.92 Å². The Morgan fingerprint density at radius 2 is 1.86 bits per heavy atom. The smallest absolute Gasteiger partial charge is 0.307 e. The van der Waals surface area contributed by atoms with E-state index >= 15 is 0 Å². The van der Waals surface area contributed by atoms with Crippen LogP contribution < -0.4 is 4.74 Å². The van der Waals surface area contributed by atoms with Gasteiger partial charge in [-0.3, -0.25) is 9.59 Å². The highest BCUT2D eigenvalue weighted by atomic mass is 16.5. The largest absolute Gasteiger partial charge is 0.496 e. The Balaban J connectivity index is 2.81. The number of carbonyl (C=O) groups excluding carboxylic acids is 2. The molecule has 0 aromatic heterocycles. The highest BCUT2D eigenvalue weighted by Crippen LogP contribution is 2.19. The van der Waals surface area contributed by atoms with Gasteiger partial charge in [-0.15, -0.1) is 0 Å². The first-order chi connectivity index (χ1) is 10.6. The van der Waals surface area contributed by atoms with Crippen LogP contribution in [-0.2, 0) is 9.53 Å². The quantitative estimate of drug-likeness (QED) is 0.658. The van der Waals surface area contributed by atoms with Crippen molar-refractivity contribution in [3.8, 4) is 5.75 Å². The summed E-state index contributed by atoms with van der Waals surface area (Å²) in [4.78, 5) is 25.9. The Bertz CT molecular complexity index is 487. The molecule has 0 fully saturated rings. The van der Waals surface area contributed by atoms with Gasteiger partial charge in [0, 0.05) is 13.1 Å². The fraction of sp³-hybridized carbons (Fsp3) is 0.529. The molecular weight excluding hydrogens is 282 g/mol. The fourth-order valence-electron chi connectivity index (χ4n) is 2.11. The molecule has 0 spiro atoms. The molecule has 5 heteroatoms. The van der Waals surface area contributed by atoms with Crippen LogP contribution in [0, 0.1) is 0 Å². The standard InChI is InChI=1S/C17H25NO4/c1-4-6-12-18(13-11-16(19)22-5-2)17(20)14-9-7-8-10-15(14)21-3/h7-10H,4-6,11-13H2,1-3H3. The molecule has 0 atom stereocenters. The maximum Gasteiger partial charge on any atom is 0.307 e. The van der Waals surface area contributed by atoms with Crippen molar-refractivity contribution in [2.75, 3.05) is 26.8 Å². The summed E-state index contributed by atoms with van der Waals surface area (Å²) in [7, 11) is 1.54. The van der Waals surface area contributed by atoms with Gasteiger partial charge in [-0.05, 0) is 25.5 Å². The number of methoxy groups -OCH3 is 1. The lowest BCUT2D eigenvalue weighted by Crippen LogP contribution is -2.34. The predicted molar refractivity (Wildman–Crippen MR) is 85.1 cm³/mol. The Kier molecular flexibility index (Phi) is 8.04. The molecule has 0 saturated carbocycles. The monoisotopic (exact) mass is 307 g/mol. The molecule has 0 aliphatic carbocycles. The van der Waals surface area contributed by atoms with Crippen molar-refractivity contribution in [3.05, 3.63) is 29.8 Å². The van der Waals surface area contributed by atoms with Crippen LogP contribution in [-0.4, -0.2) is 43.6 Å². The molecule has 1 rings (SSSR count). The molecule has 5 nitrogen and oxygen atoms in total. The molecule has 0 heterocycles. The van der Waals surface area contributed by atoms with Crippen LogP contribution in [0.1, 0.15) is 43.5 Å². The third-order valence-corrected chi connectivity index (χ3v) is 3.30. The molecule has 1 aromatic rings. The van der Waals surface area contributed by atoms with Crippen LogP contribution in [0.15, 0.2) is 24.3 Å². The average molecular weight is 307 g/mol. The molecule has 0 N–H and O–H groups in total. The Morgan fingerprint density at radius 3 is 2.50 bits per heavy atom. The molecule has 1 aromatic carbocycles. The summed E-state index contributed by atoms with van der Waals surface area (Å²) >= 11 is 0. The van der Waals surface area contributed by atoms with Gasteiger partial charge in [0.1, 0.15) is 5.75 Å². The van der Waals surface area contributed by atoms with Crippen LogP contribution >= 0.6 is 0 Å². The number of nitrogens with zero attached hydrogens (tertiary/aromatic N) is 1. The second kappa shape index (κ2) is 9.82. The number of rotatable bonds is 9. The molecule has 0 radical (unpaired) electrons. The highest BCUT2D eigenvalue weighted by molar-refractivity contribution is 5.97. The van der Waals surface area contributed by atoms with Gasteiger partial charge in [-0.2, -0.15) is 0 Å². The van der Waals surface area contributed by atoms with Crippen molar-refractivity contribution >= 4 is 11.9 Å². The van der Waals surface area contributed by atoms with Crippen molar-refractivity contribution in [1.82, 2.24) is 4.90 Å². The summed E-state index contributed by atoms with van der Waals surface area (Å²) < 4.78 is 10.2. The fourth-order valence-corrected chi connectivity index (χ4v) is 2.11. The van der Waals surface area contributed by atoms with Gasteiger partial charge in [-0.1, -0.05) is 25.5 Å². The van der Waals surface area contributed by atoms with Crippen molar-refractivity contribution in [1.29, 1.82) is 0 Å². The zero-order valence-corrected chi connectivity index (χ0v) is 13.6. The third-order valence-electron chi connectivity index (χ3n) is 3.30. The zero-order chi connectivity index (χ0) is 16.4. The van der Waals surface area contributed by atoms with Crippen molar-refractivity contribution in [2.45, 2.75) is 33.1 Å². The van der Waals surface area contributed by atoms with E-state index in [0.29, 0.717) is 31.0 Å². The summed E-state index contributed by atoms with van der Waals surface area (Å²) in [5.41, 5.74) is 0.518. The molecular formula is C17H25NO4. The number of hydrogen-bond acceptors (Lipinski definition) is 4. The molecule has 1 amide bonds. The van der Waals surface area contributed by atoms with Crippen molar-refractivity contribution in [3.63, 3.8) is 0 Å². The maximum absolute atomic E-state index is 12.7. The van der Waals surface area contributed by atoms with Crippen LogP contribution in [0.2, 0.25) is 0 Å². The van der Waals surface area contributed by atoms with Gasteiger partial charge < -0.3 is 14.4 Å². The normalized spacial score (nSPS) is 10.1. The summed E-state index contributed by atoms with van der Waals surface area (Å²) in [6.07, 6.45) is 2.08. The number of esters is 1. The molecule has 122 valence electrons. The number of benzene rings is 1. The first-order valence-corrected chi connectivity index (χ1v) is 7.71.